The van der Waals surface area contributed by atoms with Crippen molar-refractivity contribution in [2.75, 3.05) is 33.0 Å². The van der Waals surface area contributed by atoms with Gasteiger partial charge >= 0.3 is 13.8 Å². The molecule has 0 heterocycles. The van der Waals surface area contributed by atoms with Crippen LogP contribution >= 0.6 is 7.82 Å². The predicted molar refractivity (Wildman–Crippen MR) is 233 cm³/mol. The molecule has 0 saturated carbocycles. The lowest BCUT2D eigenvalue weighted by Gasteiger charge is -2.20. The summed E-state index contributed by atoms with van der Waals surface area (Å²) >= 11 is 0. The van der Waals surface area contributed by atoms with Crippen LogP contribution in [0.25, 0.3) is 0 Å². The molecule has 3 atom stereocenters. The van der Waals surface area contributed by atoms with Gasteiger partial charge in [-0.25, -0.2) is 4.57 Å². The number of ether oxygens (including phenoxy) is 2. The molecule has 0 aliphatic heterocycles. The van der Waals surface area contributed by atoms with E-state index in [2.05, 4.69) is 50.3 Å². The molecule has 0 aliphatic rings. The number of carbonyl (C=O) groups is 1. The monoisotopic (exact) mass is 815 g/mol. The van der Waals surface area contributed by atoms with E-state index < -0.39 is 39.2 Å². The largest absolute Gasteiger partial charge is 0.472 e. The topological polar surface area (TPSA) is 132 Å². The van der Waals surface area contributed by atoms with Crippen LogP contribution in [0.3, 0.4) is 0 Å². The van der Waals surface area contributed by atoms with Crippen molar-refractivity contribution in [3.63, 3.8) is 0 Å². The summed E-state index contributed by atoms with van der Waals surface area (Å²) in [6.07, 6.45) is 46.8. The molecule has 9 nitrogen and oxygen atoms in total. The zero-order valence-corrected chi connectivity index (χ0v) is 37.0. The summed E-state index contributed by atoms with van der Waals surface area (Å²) in [6, 6.07) is 0. The number of allylic oxidation sites excluding steroid dienone is 6. The van der Waals surface area contributed by atoms with Gasteiger partial charge in [-0.3, -0.25) is 13.8 Å². The van der Waals surface area contributed by atoms with Gasteiger partial charge in [-0.1, -0.05) is 172 Å². The highest BCUT2D eigenvalue weighted by Crippen LogP contribution is 2.43. The van der Waals surface area contributed by atoms with Crippen LogP contribution in [0.2, 0.25) is 0 Å². The highest BCUT2D eigenvalue weighted by Gasteiger charge is 2.26. The lowest BCUT2D eigenvalue weighted by Crippen LogP contribution is -2.29. The maximum atomic E-state index is 12.6. The summed E-state index contributed by atoms with van der Waals surface area (Å²) in [5, 5.41) is 18.4. The van der Waals surface area contributed by atoms with Gasteiger partial charge in [-0.2, -0.15) is 0 Å². The summed E-state index contributed by atoms with van der Waals surface area (Å²) in [7, 11) is -4.52. The van der Waals surface area contributed by atoms with E-state index in [1.165, 1.54) is 116 Å². The molecule has 0 saturated heterocycles. The fraction of sp³-hybridized carbons (Fsp3) is 0.848. The zero-order chi connectivity index (χ0) is 41.1. The second-order valence-corrected chi connectivity index (χ2v) is 16.9. The molecule has 56 heavy (non-hydrogen) atoms. The molecule has 3 N–H and O–H groups in total. The number of esters is 1. The Morgan fingerprint density at radius 1 is 0.554 bits per heavy atom. The number of aliphatic hydroxyl groups is 2. The third-order valence-corrected chi connectivity index (χ3v) is 10.7. The van der Waals surface area contributed by atoms with Crippen LogP contribution in [-0.2, 0) is 27.9 Å². The van der Waals surface area contributed by atoms with Gasteiger partial charge in [0.15, 0.2) is 0 Å². The highest BCUT2D eigenvalue weighted by atomic mass is 31.2. The van der Waals surface area contributed by atoms with E-state index in [1.54, 1.807) is 0 Å². The third kappa shape index (κ3) is 42.3. The Labute approximate surface area is 344 Å². The molecule has 0 aliphatic carbocycles. The van der Waals surface area contributed by atoms with Gasteiger partial charge in [0.25, 0.3) is 0 Å². The molecule has 0 bridgehead atoms. The predicted octanol–water partition coefficient (Wildman–Crippen LogP) is 12.8. The van der Waals surface area contributed by atoms with E-state index >= 15 is 0 Å². The Kier molecular flexibility index (Phi) is 42.2. The first kappa shape index (κ1) is 54.7. The van der Waals surface area contributed by atoms with Crippen LogP contribution in [0.1, 0.15) is 206 Å². The van der Waals surface area contributed by atoms with Crippen molar-refractivity contribution in [3.05, 3.63) is 36.5 Å². The number of rotatable bonds is 44. The van der Waals surface area contributed by atoms with Gasteiger partial charge in [0.05, 0.1) is 26.4 Å². The van der Waals surface area contributed by atoms with Crippen molar-refractivity contribution in [2.24, 2.45) is 0 Å². The van der Waals surface area contributed by atoms with Crippen molar-refractivity contribution in [3.8, 4) is 0 Å². The summed E-state index contributed by atoms with van der Waals surface area (Å²) in [4.78, 5) is 22.6. The molecular formula is C46H87O9P. The number of carbonyl (C=O) groups excluding carboxylic acids is 1. The van der Waals surface area contributed by atoms with E-state index in [9.17, 15) is 19.4 Å². The van der Waals surface area contributed by atoms with Crippen molar-refractivity contribution in [1.29, 1.82) is 0 Å². The van der Waals surface area contributed by atoms with Gasteiger partial charge in [-0.15, -0.1) is 0 Å². The minimum absolute atomic E-state index is 0.0436. The van der Waals surface area contributed by atoms with Gasteiger partial charge < -0.3 is 24.6 Å². The van der Waals surface area contributed by atoms with Gasteiger partial charge in [0.1, 0.15) is 12.2 Å². The average molecular weight is 815 g/mol. The smallest absolute Gasteiger partial charge is 0.457 e. The molecule has 0 rings (SSSR count). The average Bonchev–Trinajstić information content (AvgIpc) is 3.19. The van der Waals surface area contributed by atoms with Crippen molar-refractivity contribution in [2.45, 2.75) is 219 Å². The van der Waals surface area contributed by atoms with Crippen LogP contribution in [-0.4, -0.2) is 66.3 Å². The van der Waals surface area contributed by atoms with Crippen molar-refractivity contribution < 1.29 is 43.0 Å². The molecule has 0 amide bonds. The van der Waals surface area contributed by atoms with E-state index in [1.807, 2.05) is 0 Å². The lowest BCUT2D eigenvalue weighted by atomic mass is 10.1. The normalized spacial score (nSPS) is 14.3. The molecule has 0 aromatic heterocycles. The molecule has 330 valence electrons. The molecule has 0 aromatic carbocycles. The minimum Gasteiger partial charge on any atom is -0.457 e. The molecule has 10 heteroatoms. The summed E-state index contributed by atoms with van der Waals surface area (Å²) < 4.78 is 33.4. The zero-order valence-electron chi connectivity index (χ0n) is 36.1. The first-order valence-electron chi connectivity index (χ1n) is 23.0. The van der Waals surface area contributed by atoms with Crippen LogP contribution < -0.4 is 0 Å². The van der Waals surface area contributed by atoms with Crippen molar-refractivity contribution in [1.82, 2.24) is 0 Å². The Morgan fingerprint density at radius 2 is 1.00 bits per heavy atom. The molecular weight excluding hydrogens is 727 g/mol. The Bertz CT molecular complexity index is 970. The standard InChI is InChI=1S/C46H87O9P/c1-3-5-7-9-11-13-15-17-18-19-20-21-22-23-24-25-27-29-31-33-35-37-39-52-42-45(43-54-56(50,51)53-41-44(48)40-47)55-46(49)38-36-34-32-30-28-26-16-14-12-10-8-6-4-2/h8,10,14,16,19-20,44-45,47-48H,3-7,9,11-13,15,17-18,21-43H2,1-2H3,(H,50,51)/b10-8-,16-14-,20-19-. The first-order valence-corrected chi connectivity index (χ1v) is 24.5. The highest BCUT2D eigenvalue weighted by molar-refractivity contribution is 7.47. The van der Waals surface area contributed by atoms with Crippen LogP contribution in [0.5, 0.6) is 0 Å². The Balaban J connectivity index is 4.08. The number of hydrogen-bond donors (Lipinski definition) is 3. The SMILES string of the molecule is CCC/C=C\C/C=C\CCCCCCCC(=O)OC(COCCCCCCCCCCCC/C=C\CCCCCCCCCC)COP(=O)(O)OCC(O)CO. The Hall–Kier alpha value is -1.32. The number of phosphoric ester groups is 1. The number of aliphatic hydroxyl groups excluding tert-OH is 2. The van der Waals surface area contributed by atoms with E-state index in [0.717, 1.165) is 64.2 Å². The quantitative estimate of drug-likeness (QED) is 0.0238. The maximum Gasteiger partial charge on any atom is 0.472 e. The minimum atomic E-state index is -4.52. The van der Waals surface area contributed by atoms with Gasteiger partial charge in [-0.05, 0) is 64.2 Å². The maximum absolute atomic E-state index is 12.6. The molecule has 0 aromatic rings. The molecule has 0 fully saturated rings. The first-order chi connectivity index (χ1) is 27.3. The van der Waals surface area contributed by atoms with Crippen molar-refractivity contribution >= 4 is 13.8 Å². The summed E-state index contributed by atoms with van der Waals surface area (Å²) in [6.45, 7) is 3.45. The van der Waals surface area contributed by atoms with E-state index in [-0.39, 0.29) is 19.6 Å². The van der Waals surface area contributed by atoms with E-state index in [4.69, 9.17) is 23.6 Å². The van der Waals surface area contributed by atoms with E-state index in [0.29, 0.717) is 13.0 Å². The van der Waals surface area contributed by atoms with Gasteiger partial charge in [0.2, 0.25) is 0 Å². The molecule has 3 unspecified atom stereocenters. The fourth-order valence-corrected chi connectivity index (χ4v) is 7.06. The van der Waals surface area contributed by atoms with Crippen LogP contribution in [0.4, 0.5) is 0 Å². The lowest BCUT2D eigenvalue weighted by molar-refractivity contribution is -0.154. The second-order valence-electron chi connectivity index (χ2n) is 15.4. The number of phosphoric acid groups is 1. The summed E-state index contributed by atoms with van der Waals surface area (Å²) in [5.41, 5.74) is 0. The van der Waals surface area contributed by atoms with Crippen LogP contribution in [0.15, 0.2) is 36.5 Å². The number of unbranched alkanes of at least 4 members (excludes halogenated alkanes) is 24. The summed E-state index contributed by atoms with van der Waals surface area (Å²) in [5.74, 6) is -0.396. The third-order valence-electron chi connectivity index (χ3n) is 9.78. The van der Waals surface area contributed by atoms with Gasteiger partial charge in [0, 0.05) is 13.0 Å². The fourth-order valence-electron chi connectivity index (χ4n) is 6.27. The number of hydrogen-bond acceptors (Lipinski definition) is 8. The molecule has 0 spiro atoms. The Morgan fingerprint density at radius 3 is 1.52 bits per heavy atom. The molecule has 0 radical (unpaired) electrons. The second kappa shape index (κ2) is 43.3. The van der Waals surface area contributed by atoms with Crippen LogP contribution in [0, 0.1) is 0 Å².